The van der Waals surface area contributed by atoms with Gasteiger partial charge in [0.25, 0.3) is 0 Å². The van der Waals surface area contributed by atoms with E-state index in [0.717, 1.165) is 18.6 Å². The summed E-state index contributed by atoms with van der Waals surface area (Å²) in [7, 11) is -1.71. The van der Waals surface area contributed by atoms with Crippen LogP contribution in [0.25, 0.3) is 6.08 Å². The third-order valence-corrected chi connectivity index (χ3v) is 8.53. The SMILES string of the molecule is CC(C)(C)[Si](C)(C)Oc1ccc2c(c1)CCC=C2. The zero-order chi connectivity index (χ0) is 13.4. The highest BCUT2D eigenvalue weighted by Gasteiger charge is 2.38. The first kappa shape index (κ1) is 13.4. The average molecular weight is 260 g/mol. The van der Waals surface area contributed by atoms with E-state index in [1.807, 2.05) is 0 Å². The van der Waals surface area contributed by atoms with Crippen molar-refractivity contribution in [2.75, 3.05) is 0 Å². The molecule has 1 aliphatic carbocycles. The quantitative estimate of drug-likeness (QED) is 0.678. The van der Waals surface area contributed by atoms with Crippen molar-refractivity contribution in [3.63, 3.8) is 0 Å². The molecule has 0 unspecified atom stereocenters. The largest absolute Gasteiger partial charge is 0.543 e. The second-order valence-corrected chi connectivity index (χ2v) is 11.4. The van der Waals surface area contributed by atoms with Crippen LogP contribution in [0.4, 0.5) is 0 Å². The van der Waals surface area contributed by atoms with E-state index < -0.39 is 8.32 Å². The lowest BCUT2D eigenvalue weighted by molar-refractivity contribution is 0.491. The van der Waals surface area contributed by atoms with E-state index in [1.165, 1.54) is 11.1 Å². The number of allylic oxidation sites excluding steroid dienone is 1. The normalized spacial score (nSPS) is 15.4. The smallest absolute Gasteiger partial charge is 0.250 e. The molecule has 0 atom stereocenters. The summed E-state index contributed by atoms with van der Waals surface area (Å²) in [4.78, 5) is 0. The Morgan fingerprint density at radius 2 is 1.89 bits per heavy atom. The maximum atomic E-state index is 6.35. The number of aryl methyl sites for hydroxylation is 1. The summed E-state index contributed by atoms with van der Waals surface area (Å²) < 4.78 is 6.35. The van der Waals surface area contributed by atoms with Gasteiger partial charge in [0.2, 0.25) is 8.32 Å². The predicted molar refractivity (Wildman–Crippen MR) is 81.6 cm³/mol. The van der Waals surface area contributed by atoms with Crippen molar-refractivity contribution in [3.8, 4) is 5.75 Å². The average Bonchev–Trinajstić information content (AvgIpc) is 2.27. The molecule has 1 nitrogen and oxygen atoms in total. The van der Waals surface area contributed by atoms with Gasteiger partial charge in [-0.15, -0.1) is 0 Å². The van der Waals surface area contributed by atoms with Crippen molar-refractivity contribution in [3.05, 3.63) is 35.4 Å². The third kappa shape index (κ3) is 2.69. The van der Waals surface area contributed by atoms with Gasteiger partial charge in [0.15, 0.2) is 0 Å². The molecule has 0 aromatic heterocycles. The molecule has 1 aromatic rings. The summed E-state index contributed by atoms with van der Waals surface area (Å²) in [6.07, 6.45) is 6.75. The minimum atomic E-state index is -1.71. The Kier molecular flexibility index (Phi) is 3.41. The van der Waals surface area contributed by atoms with E-state index in [2.05, 4.69) is 64.2 Å². The van der Waals surface area contributed by atoms with E-state index >= 15 is 0 Å². The van der Waals surface area contributed by atoms with Gasteiger partial charge in [-0.2, -0.15) is 0 Å². The van der Waals surface area contributed by atoms with Gasteiger partial charge in [-0.05, 0) is 54.2 Å². The van der Waals surface area contributed by atoms with Gasteiger partial charge < -0.3 is 4.43 Å². The minimum absolute atomic E-state index is 0.253. The second kappa shape index (κ2) is 4.58. The Morgan fingerprint density at radius 1 is 1.17 bits per heavy atom. The van der Waals surface area contributed by atoms with Crippen LogP contribution >= 0.6 is 0 Å². The minimum Gasteiger partial charge on any atom is -0.543 e. The molecule has 0 aliphatic heterocycles. The lowest BCUT2D eigenvalue weighted by Crippen LogP contribution is -2.43. The van der Waals surface area contributed by atoms with Gasteiger partial charge in [-0.25, -0.2) is 0 Å². The fourth-order valence-corrected chi connectivity index (χ4v) is 2.94. The van der Waals surface area contributed by atoms with Crippen molar-refractivity contribution in [2.24, 2.45) is 0 Å². The van der Waals surface area contributed by atoms with Gasteiger partial charge in [0, 0.05) is 0 Å². The van der Waals surface area contributed by atoms with Gasteiger partial charge in [0.1, 0.15) is 5.75 Å². The van der Waals surface area contributed by atoms with Crippen LogP contribution in [0.2, 0.25) is 18.1 Å². The molecule has 2 heteroatoms. The summed E-state index contributed by atoms with van der Waals surface area (Å²) in [6.45, 7) is 11.4. The lowest BCUT2D eigenvalue weighted by Gasteiger charge is -2.36. The Hall–Kier alpha value is -1.02. The number of rotatable bonds is 2. The third-order valence-electron chi connectivity index (χ3n) is 4.17. The highest BCUT2D eigenvalue weighted by Crippen LogP contribution is 2.38. The number of benzene rings is 1. The number of hydrogen-bond donors (Lipinski definition) is 0. The maximum absolute atomic E-state index is 6.35. The Morgan fingerprint density at radius 3 is 2.56 bits per heavy atom. The van der Waals surface area contributed by atoms with E-state index in [0.29, 0.717) is 0 Å². The van der Waals surface area contributed by atoms with Crippen molar-refractivity contribution in [2.45, 2.75) is 51.7 Å². The van der Waals surface area contributed by atoms with E-state index in [1.54, 1.807) is 0 Å². The molecule has 0 N–H and O–H groups in total. The van der Waals surface area contributed by atoms with Crippen LogP contribution in [0.1, 0.15) is 38.3 Å². The van der Waals surface area contributed by atoms with Crippen molar-refractivity contribution >= 4 is 14.4 Å². The first-order chi connectivity index (χ1) is 8.29. The van der Waals surface area contributed by atoms with Crippen LogP contribution in [0.5, 0.6) is 5.75 Å². The second-order valence-electron chi connectivity index (χ2n) is 6.66. The fourth-order valence-electron chi connectivity index (χ4n) is 1.92. The Balaban J connectivity index is 2.23. The summed E-state index contributed by atoms with van der Waals surface area (Å²) in [6, 6.07) is 6.54. The van der Waals surface area contributed by atoms with Crippen LogP contribution in [0, 0.1) is 0 Å². The number of hydrogen-bond acceptors (Lipinski definition) is 1. The molecule has 18 heavy (non-hydrogen) atoms. The molecule has 0 amide bonds. The van der Waals surface area contributed by atoms with E-state index in [4.69, 9.17) is 4.43 Å². The van der Waals surface area contributed by atoms with Crippen molar-refractivity contribution in [1.82, 2.24) is 0 Å². The Bertz CT molecular complexity index is 466. The van der Waals surface area contributed by atoms with Crippen molar-refractivity contribution < 1.29 is 4.43 Å². The summed E-state index contributed by atoms with van der Waals surface area (Å²) in [5.74, 6) is 1.05. The number of fused-ring (bicyclic) bond motifs is 1. The molecule has 0 saturated heterocycles. The molecule has 98 valence electrons. The fraction of sp³-hybridized carbons (Fsp3) is 0.500. The van der Waals surface area contributed by atoms with Crippen LogP contribution in [0.15, 0.2) is 24.3 Å². The highest BCUT2D eigenvalue weighted by atomic mass is 28.4. The molecule has 2 rings (SSSR count). The van der Waals surface area contributed by atoms with Crippen LogP contribution in [-0.4, -0.2) is 8.32 Å². The maximum Gasteiger partial charge on any atom is 0.250 e. The van der Waals surface area contributed by atoms with Crippen LogP contribution in [0.3, 0.4) is 0 Å². The molecule has 1 aliphatic rings. The summed E-state index contributed by atoms with van der Waals surface area (Å²) in [5, 5.41) is 0.253. The summed E-state index contributed by atoms with van der Waals surface area (Å²) in [5.41, 5.74) is 2.78. The molecule has 0 fully saturated rings. The molecule has 0 radical (unpaired) electrons. The first-order valence-corrected chi connectivity index (χ1v) is 9.69. The molecule has 0 spiro atoms. The highest BCUT2D eigenvalue weighted by molar-refractivity contribution is 6.74. The molecule has 0 heterocycles. The van der Waals surface area contributed by atoms with Gasteiger partial charge in [-0.1, -0.05) is 39.0 Å². The topological polar surface area (TPSA) is 9.23 Å². The van der Waals surface area contributed by atoms with E-state index in [-0.39, 0.29) is 5.04 Å². The summed E-state index contributed by atoms with van der Waals surface area (Å²) >= 11 is 0. The van der Waals surface area contributed by atoms with E-state index in [9.17, 15) is 0 Å². The molecule has 0 saturated carbocycles. The lowest BCUT2D eigenvalue weighted by atomic mass is 9.97. The zero-order valence-electron chi connectivity index (χ0n) is 12.2. The van der Waals surface area contributed by atoms with Gasteiger partial charge >= 0.3 is 0 Å². The van der Waals surface area contributed by atoms with Gasteiger partial charge in [0.05, 0.1) is 0 Å². The van der Waals surface area contributed by atoms with Crippen LogP contribution in [-0.2, 0) is 6.42 Å². The monoisotopic (exact) mass is 260 g/mol. The Labute approximate surface area is 112 Å². The standard InChI is InChI=1S/C16H24OSi/c1-16(2,3)18(4,5)17-15-11-10-13-8-6-7-9-14(13)12-15/h6,8,10-12H,7,9H2,1-5H3. The molecule has 1 aromatic carbocycles. The first-order valence-electron chi connectivity index (χ1n) is 6.78. The van der Waals surface area contributed by atoms with Crippen LogP contribution < -0.4 is 4.43 Å². The molecular weight excluding hydrogens is 236 g/mol. The zero-order valence-corrected chi connectivity index (χ0v) is 13.2. The predicted octanol–water partition coefficient (Wildman–Crippen LogP) is 5.03. The molecular formula is C16H24OSi. The van der Waals surface area contributed by atoms with Crippen molar-refractivity contribution in [1.29, 1.82) is 0 Å². The van der Waals surface area contributed by atoms with Gasteiger partial charge in [-0.3, -0.25) is 0 Å². The molecule has 0 bridgehead atoms.